The van der Waals surface area contributed by atoms with Gasteiger partial charge in [0, 0.05) is 68.1 Å². The summed E-state index contributed by atoms with van der Waals surface area (Å²) in [5.41, 5.74) is 2.94. The van der Waals surface area contributed by atoms with Gasteiger partial charge in [0.25, 0.3) is 5.91 Å². The number of fused-ring (bicyclic) bond motifs is 1. The highest BCUT2D eigenvalue weighted by Gasteiger charge is 2.44. The van der Waals surface area contributed by atoms with E-state index in [0.717, 1.165) is 29.0 Å². The molecule has 1 N–H and O–H groups in total. The van der Waals surface area contributed by atoms with Crippen LogP contribution in [0, 0.1) is 5.41 Å². The second kappa shape index (κ2) is 16.5. The van der Waals surface area contributed by atoms with Crippen LogP contribution in [0.2, 0.25) is 0 Å². The number of carbonyl (C=O) groups excluding carboxylic acids is 1. The average molecular weight is 810 g/mol. The van der Waals surface area contributed by atoms with Crippen LogP contribution in [0.1, 0.15) is 138 Å². The summed E-state index contributed by atoms with van der Waals surface area (Å²) in [6.45, 7) is 5.46. The van der Waals surface area contributed by atoms with Gasteiger partial charge in [0.1, 0.15) is 5.75 Å². The Morgan fingerprint density at radius 1 is 0.931 bits per heavy atom. The number of nitrogens with zero attached hydrogens (tertiary/aromatic N) is 4. The van der Waals surface area contributed by atoms with E-state index < -0.39 is 35.9 Å². The molecule has 310 valence electrons. The number of rotatable bonds is 10. The third-order valence-corrected chi connectivity index (χ3v) is 11.9. The van der Waals surface area contributed by atoms with E-state index >= 15 is 4.39 Å². The molecule has 0 bridgehead atoms. The molecule has 3 aliphatic rings. The molecule has 2 fully saturated rings. The Bertz CT molecular complexity index is 2060. The van der Waals surface area contributed by atoms with Crippen LogP contribution in [0.15, 0.2) is 60.9 Å². The van der Waals surface area contributed by atoms with Gasteiger partial charge in [0.05, 0.1) is 36.6 Å². The smallest absolute Gasteiger partial charge is 0.416 e. The highest BCUT2D eigenvalue weighted by atomic mass is 19.4. The van der Waals surface area contributed by atoms with Crippen LogP contribution in [0.25, 0.3) is 0 Å². The van der Waals surface area contributed by atoms with Gasteiger partial charge in [-0.25, -0.2) is 23.1 Å². The maximum atomic E-state index is 17.7. The molecule has 1 amide bonds. The summed E-state index contributed by atoms with van der Waals surface area (Å²) in [5, 5.41) is 2.55. The lowest BCUT2D eigenvalue weighted by Gasteiger charge is -2.42. The first-order chi connectivity index (χ1) is 27.6. The molecule has 1 saturated heterocycles. The first-order valence-corrected chi connectivity index (χ1v) is 19.8. The molecule has 0 spiro atoms. The van der Waals surface area contributed by atoms with E-state index in [1.54, 1.807) is 7.11 Å². The third-order valence-electron chi connectivity index (χ3n) is 11.9. The number of alkyl halides is 6. The SMILES string of the molecule is CNC(=O)c1cnc(N2CCC(c3nc4c(c(C5CCC(F)(F)CC5)c3C(F)c3ccc(C(F)(F)F)cc3)C(OCc3ccc(OC)cc3)CC(C)(C)C4)CC2)nc1. The second-order valence-corrected chi connectivity index (χ2v) is 16.6. The van der Waals surface area contributed by atoms with Crippen molar-refractivity contribution in [2.45, 2.75) is 108 Å². The van der Waals surface area contributed by atoms with Gasteiger partial charge in [0.2, 0.25) is 11.9 Å². The highest BCUT2D eigenvalue weighted by Crippen LogP contribution is 2.53. The molecule has 2 atom stereocenters. The van der Waals surface area contributed by atoms with Crippen molar-refractivity contribution in [2.24, 2.45) is 5.41 Å². The maximum absolute atomic E-state index is 17.7. The van der Waals surface area contributed by atoms with Gasteiger partial charge in [-0.1, -0.05) is 38.1 Å². The standard InChI is InChI=1S/C44H49F6N5O3/c1-42(2)21-33-36(34(22-42)58-25-26-5-11-32(57-4)12-6-26)35(27-13-17-43(46,47)18-14-27)37(38(45)28-7-9-31(10-8-28)44(48,49)50)39(54-33)29-15-19-55(20-16-29)41-52-23-30(24-53-41)40(56)51-3/h5-12,23-24,27,29,34,38H,13-22,25H2,1-4H3,(H,51,56). The summed E-state index contributed by atoms with van der Waals surface area (Å²) in [6, 6.07) is 11.6. The van der Waals surface area contributed by atoms with E-state index in [9.17, 15) is 26.7 Å². The highest BCUT2D eigenvalue weighted by molar-refractivity contribution is 5.93. The fourth-order valence-electron chi connectivity index (χ4n) is 8.84. The second-order valence-electron chi connectivity index (χ2n) is 16.6. The number of hydrogen-bond acceptors (Lipinski definition) is 7. The minimum Gasteiger partial charge on any atom is -0.497 e. The minimum absolute atomic E-state index is 0.0345. The van der Waals surface area contributed by atoms with Crippen LogP contribution in [-0.2, 0) is 23.9 Å². The molecule has 1 saturated carbocycles. The zero-order valence-electron chi connectivity index (χ0n) is 33.1. The predicted octanol–water partition coefficient (Wildman–Crippen LogP) is 10.2. The van der Waals surface area contributed by atoms with Crippen molar-refractivity contribution < 1.29 is 40.6 Å². The predicted molar refractivity (Wildman–Crippen MR) is 207 cm³/mol. The van der Waals surface area contributed by atoms with Gasteiger partial charge >= 0.3 is 6.18 Å². The van der Waals surface area contributed by atoms with E-state index in [0.29, 0.717) is 67.3 Å². The zero-order valence-corrected chi connectivity index (χ0v) is 33.1. The van der Waals surface area contributed by atoms with Crippen molar-refractivity contribution in [3.05, 3.63) is 111 Å². The number of nitrogens with one attached hydrogen (secondary N) is 1. The first kappa shape index (κ1) is 41.4. The van der Waals surface area contributed by atoms with E-state index in [2.05, 4.69) is 29.1 Å². The van der Waals surface area contributed by atoms with Crippen LogP contribution < -0.4 is 15.0 Å². The number of ether oxygens (including phenoxy) is 2. The normalized spacial score (nSPS) is 20.3. The summed E-state index contributed by atoms with van der Waals surface area (Å²) in [5.74, 6) is -2.73. The van der Waals surface area contributed by atoms with E-state index in [-0.39, 0.29) is 60.7 Å². The van der Waals surface area contributed by atoms with Crippen LogP contribution in [0.4, 0.5) is 32.3 Å². The molecule has 2 aromatic carbocycles. The fourth-order valence-corrected chi connectivity index (χ4v) is 8.84. The number of benzene rings is 2. The van der Waals surface area contributed by atoms with Crippen molar-refractivity contribution >= 4 is 11.9 Å². The molecule has 1 aliphatic heterocycles. The van der Waals surface area contributed by atoms with Crippen LogP contribution >= 0.6 is 0 Å². The van der Waals surface area contributed by atoms with Gasteiger partial charge in [0.15, 0.2) is 6.17 Å². The summed E-state index contributed by atoms with van der Waals surface area (Å²) < 4.78 is 100. The Morgan fingerprint density at radius 2 is 1.57 bits per heavy atom. The molecule has 8 nitrogen and oxygen atoms in total. The van der Waals surface area contributed by atoms with Crippen LogP contribution in [-0.4, -0.2) is 54.0 Å². The van der Waals surface area contributed by atoms with Crippen molar-refractivity contribution in [1.82, 2.24) is 20.3 Å². The molecule has 0 radical (unpaired) electrons. The zero-order chi connectivity index (χ0) is 41.4. The summed E-state index contributed by atoms with van der Waals surface area (Å²) in [4.78, 5) is 28.2. The lowest BCUT2D eigenvalue weighted by atomic mass is 9.68. The number of piperidine rings is 1. The minimum atomic E-state index is -4.61. The Morgan fingerprint density at radius 3 is 2.16 bits per heavy atom. The number of anilines is 1. The van der Waals surface area contributed by atoms with E-state index in [4.69, 9.17) is 14.5 Å². The van der Waals surface area contributed by atoms with Gasteiger partial charge in [-0.05, 0) is 90.8 Å². The Kier molecular flexibility index (Phi) is 11.8. The van der Waals surface area contributed by atoms with Gasteiger partial charge in [-0.3, -0.25) is 9.78 Å². The largest absolute Gasteiger partial charge is 0.497 e. The number of amides is 1. The Labute approximate surface area is 334 Å². The van der Waals surface area contributed by atoms with Gasteiger partial charge in [-0.2, -0.15) is 13.2 Å². The number of methoxy groups -OCH3 is 1. The van der Waals surface area contributed by atoms with Crippen molar-refractivity contribution in [3.8, 4) is 5.75 Å². The van der Waals surface area contributed by atoms with Crippen LogP contribution in [0.3, 0.4) is 0 Å². The molecule has 58 heavy (non-hydrogen) atoms. The van der Waals surface area contributed by atoms with Crippen molar-refractivity contribution in [3.63, 3.8) is 0 Å². The van der Waals surface area contributed by atoms with E-state index in [1.807, 2.05) is 29.2 Å². The molecular formula is C44H49F6N5O3. The first-order valence-electron chi connectivity index (χ1n) is 19.8. The Hall–Kier alpha value is -4.72. The number of aromatic nitrogens is 3. The summed E-state index contributed by atoms with van der Waals surface area (Å²) in [7, 11) is 3.11. The molecule has 2 aromatic heterocycles. The van der Waals surface area contributed by atoms with Gasteiger partial charge in [-0.15, -0.1) is 0 Å². The number of halogens is 6. The molecule has 14 heteroatoms. The molecule has 7 rings (SSSR count). The third kappa shape index (κ3) is 8.96. The Balaban J connectivity index is 1.34. The lowest BCUT2D eigenvalue weighted by Crippen LogP contribution is -2.36. The monoisotopic (exact) mass is 809 g/mol. The van der Waals surface area contributed by atoms with Crippen molar-refractivity contribution in [2.75, 3.05) is 32.1 Å². The van der Waals surface area contributed by atoms with Gasteiger partial charge < -0.3 is 19.7 Å². The molecule has 2 unspecified atom stereocenters. The lowest BCUT2D eigenvalue weighted by molar-refractivity contribution is -0.137. The van der Waals surface area contributed by atoms with E-state index in [1.165, 1.54) is 31.6 Å². The molecule has 3 heterocycles. The van der Waals surface area contributed by atoms with Crippen molar-refractivity contribution in [1.29, 1.82) is 0 Å². The summed E-state index contributed by atoms with van der Waals surface area (Å²) in [6.07, 6.45) is -2.42. The topological polar surface area (TPSA) is 89.5 Å². The fraction of sp³-hybridized carbons (Fsp3) is 0.500. The summed E-state index contributed by atoms with van der Waals surface area (Å²) >= 11 is 0. The van der Waals surface area contributed by atoms with Crippen LogP contribution in [0.5, 0.6) is 5.75 Å². The number of hydrogen-bond donors (Lipinski definition) is 1. The molecule has 4 aromatic rings. The molecule has 2 aliphatic carbocycles. The molecular weight excluding hydrogens is 761 g/mol. The average Bonchev–Trinajstić information content (AvgIpc) is 3.21. The number of pyridine rings is 1. The quantitative estimate of drug-likeness (QED) is 0.160. The number of carbonyl (C=O) groups is 1. The maximum Gasteiger partial charge on any atom is 0.416 e.